The van der Waals surface area contributed by atoms with Gasteiger partial charge in [0.15, 0.2) is 0 Å². The molecule has 0 fully saturated rings. The summed E-state index contributed by atoms with van der Waals surface area (Å²) in [5.74, 6) is 0.667. The summed E-state index contributed by atoms with van der Waals surface area (Å²) >= 11 is 1.09. The zero-order chi connectivity index (χ0) is 14.0. The third-order valence-corrected chi connectivity index (χ3v) is 3.60. The zero-order valence-corrected chi connectivity index (χ0v) is 11.6. The number of hydrogen-bond acceptors (Lipinski definition) is 6. The molecule has 0 bridgehead atoms. The van der Waals surface area contributed by atoms with E-state index < -0.39 is 5.97 Å². The maximum atomic E-state index is 10.6. The van der Waals surface area contributed by atoms with Crippen molar-refractivity contribution in [2.24, 2.45) is 0 Å². The molecule has 1 atom stereocenters. The number of carbonyl (C=O) groups is 1. The molecule has 7 nitrogen and oxygen atoms in total. The third kappa shape index (κ3) is 2.95. The molecule has 2 heterocycles. The van der Waals surface area contributed by atoms with Gasteiger partial charge in [0.05, 0.1) is 11.8 Å². The second-order valence-corrected chi connectivity index (χ2v) is 5.08. The summed E-state index contributed by atoms with van der Waals surface area (Å²) in [6.45, 7) is 5.70. The number of nitrogens with zero attached hydrogens (tertiary/aromatic N) is 4. The molecule has 8 heteroatoms. The number of furan rings is 1. The first-order valence-electron chi connectivity index (χ1n) is 5.68. The van der Waals surface area contributed by atoms with Gasteiger partial charge >= 0.3 is 5.97 Å². The Balaban J connectivity index is 2.24. The van der Waals surface area contributed by atoms with Gasteiger partial charge in [-0.05, 0) is 37.3 Å². The zero-order valence-electron chi connectivity index (χ0n) is 10.8. The molecule has 1 N–H and O–H groups in total. The number of aryl methyl sites for hydroxylation is 2. The number of hydrogen-bond donors (Lipinski definition) is 1. The number of thioether (sulfide) groups is 1. The molecule has 0 amide bonds. The highest BCUT2D eigenvalue weighted by molar-refractivity contribution is 7.99. The maximum Gasteiger partial charge on any atom is 0.313 e. The first-order chi connectivity index (χ1) is 8.99. The van der Waals surface area contributed by atoms with Crippen molar-refractivity contribution in [1.82, 2.24) is 20.2 Å². The van der Waals surface area contributed by atoms with Crippen LogP contribution in [0, 0.1) is 13.8 Å². The fraction of sp³-hybridized carbons (Fsp3) is 0.455. The Hall–Kier alpha value is -1.83. The van der Waals surface area contributed by atoms with E-state index in [1.54, 1.807) is 4.68 Å². The molecule has 0 spiro atoms. The number of aromatic nitrogens is 4. The number of carboxylic acids is 1. The van der Waals surface area contributed by atoms with Crippen LogP contribution in [0.1, 0.15) is 30.0 Å². The molecule has 1 unspecified atom stereocenters. The van der Waals surface area contributed by atoms with Crippen LogP contribution in [0.4, 0.5) is 0 Å². The van der Waals surface area contributed by atoms with Crippen molar-refractivity contribution < 1.29 is 14.3 Å². The monoisotopic (exact) mass is 282 g/mol. The van der Waals surface area contributed by atoms with Gasteiger partial charge in [-0.25, -0.2) is 4.68 Å². The average molecular weight is 282 g/mol. The lowest BCUT2D eigenvalue weighted by atomic mass is 10.1. The molecule has 0 aliphatic rings. The predicted octanol–water partition coefficient (Wildman–Crippen LogP) is 1.67. The standard InChI is InChI=1S/C11H14N4O3S/c1-6-4-9(8(3)18-6)7(2)15-11(12-13-14-15)19-5-10(16)17/h4,7H,5H2,1-3H3,(H,16,17). The van der Waals surface area contributed by atoms with Gasteiger partial charge < -0.3 is 9.52 Å². The van der Waals surface area contributed by atoms with Crippen LogP contribution in [0.3, 0.4) is 0 Å². The molecular weight excluding hydrogens is 268 g/mol. The lowest BCUT2D eigenvalue weighted by Gasteiger charge is -2.11. The summed E-state index contributed by atoms with van der Waals surface area (Å²) in [6, 6.07) is 1.83. The molecule has 0 radical (unpaired) electrons. The maximum absolute atomic E-state index is 10.6. The summed E-state index contributed by atoms with van der Waals surface area (Å²) in [6.07, 6.45) is 0. The Bertz CT molecular complexity index is 593. The first-order valence-corrected chi connectivity index (χ1v) is 6.67. The summed E-state index contributed by atoms with van der Waals surface area (Å²) < 4.78 is 7.09. The van der Waals surface area contributed by atoms with Crippen LogP contribution in [-0.4, -0.2) is 37.0 Å². The second kappa shape index (κ2) is 5.43. The molecule has 102 valence electrons. The number of aliphatic carboxylic acids is 1. The first kappa shape index (κ1) is 13.6. The topological polar surface area (TPSA) is 94.0 Å². The minimum Gasteiger partial charge on any atom is -0.481 e. The van der Waals surface area contributed by atoms with Gasteiger partial charge in [-0.1, -0.05) is 11.8 Å². The molecule has 0 aromatic carbocycles. The highest BCUT2D eigenvalue weighted by Gasteiger charge is 2.19. The lowest BCUT2D eigenvalue weighted by Crippen LogP contribution is -2.11. The molecule has 2 aromatic rings. The fourth-order valence-electron chi connectivity index (χ4n) is 1.85. The second-order valence-electron chi connectivity index (χ2n) is 4.13. The normalized spacial score (nSPS) is 12.6. The summed E-state index contributed by atoms with van der Waals surface area (Å²) in [4.78, 5) is 10.6. The van der Waals surface area contributed by atoms with Gasteiger partial charge in [0, 0.05) is 5.56 Å². The van der Waals surface area contributed by atoms with E-state index in [1.165, 1.54) is 0 Å². The Morgan fingerprint density at radius 1 is 1.58 bits per heavy atom. The number of carboxylic acid groups (broad SMARTS) is 1. The highest BCUT2D eigenvalue weighted by Crippen LogP contribution is 2.27. The van der Waals surface area contributed by atoms with E-state index in [2.05, 4.69) is 15.5 Å². The van der Waals surface area contributed by atoms with Crippen molar-refractivity contribution in [1.29, 1.82) is 0 Å². The number of tetrazole rings is 1. The van der Waals surface area contributed by atoms with Crippen LogP contribution >= 0.6 is 11.8 Å². The van der Waals surface area contributed by atoms with Crippen molar-refractivity contribution in [3.63, 3.8) is 0 Å². The van der Waals surface area contributed by atoms with Gasteiger partial charge in [-0.3, -0.25) is 4.79 Å². The molecular formula is C11H14N4O3S. The van der Waals surface area contributed by atoms with Crippen molar-refractivity contribution in [2.45, 2.75) is 32.0 Å². The molecule has 2 rings (SSSR count). The van der Waals surface area contributed by atoms with E-state index in [0.717, 1.165) is 28.8 Å². The van der Waals surface area contributed by atoms with Crippen molar-refractivity contribution >= 4 is 17.7 Å². The smallest absolute Gasteiger partial charge is 0.313 e. The molecule has 2 aromatic heterocycles. The SMILES string of the molecule is Cc1cc(C(C)n2nnnc2SCC(=O)O)c(C)o1. The summed E-state index contributed by atoms with van der Waals surface area (Å²) in [7, 11) is 0. The van der Waals surface area contributed by atoms with E-state index in [-0.39, 0.29) is 11.8 Å². The van der Waals surface area contributed by atoms with Crippen LogP contribution in [0.15, 0.2) is 15.6 Å². The Morgan fingerprint density at radius 2 is 2.32 bits per heavy atom. The molecule has 19 heavy (non-hydrogen) atoms. The van der Waals surface area contributed by atoms with E-state index in [0.29, 0.717) is 5.16 Å². The van der Waals surface area contributed by atoms with E-state index >= 15 is 0 Å². The van der Waals surface area contributed by atoms with Crippen LogP contribution in [-0.2, 0) is 4.79 Å². The van der Waals surface area contributed by atoms with Gasteiger partial charge in [-0.2, -0.15) is 0 Å². The van der Waals surface area contributed by atoms with E-state index in [4.69, 9.17) is 9.52 Å². The van der Waals surface area contributed by atoms with Crippen molar-refractivity contribution in [3.8, 4) is 0 Å². The van der Waals surface area contributed by atoms with E-state index in [1.807, 2.05) is 26.8 Å². The van der Waals surface area contributed by atoms with Gasteiger partial charge in [0.2, 0.25) is 5.16 Å². The van der Waals surface area contributed by atoms with Crippen molar-refractivity contribution in [3.05, 3.63) is 23.2 Å². The number of rotatable bonds is 5. The highest BCUT2D eigenvalue weighted by atomic mass is 32.2. The minimum atomic E-state index is -0.900. The van der Waals surface area contributed by atoms with Crippen LogP contribution in [0.25, 0.3) is 0 Å². The van der Waals surface area contributed by atoms with Gasteiger partial charge in [0.25, 0.3) is 0 Å². The summed E-state index contributed by atoms with van der Waals surface area (Å²) in [5.41, 5.74) is 0.988. The Morgan fingerprint density at radius 3 is 2.89 bits per heavy atom. The van der Waals surface area contributed by atoms with Crippen LogP contribution in [0.5, 0.6) is 0 Å². The molecule has 0 aliphatic carbocycles. The molecule has 0 saturated heterocycles. The molecule has 0 saturated carbocycles. The average Bonchev–Trinajstić information content (AvgIpc) is 2.92. The predicted molar refractivity (Wildman–Crippen MR) is 68.2 cm³/mol. The van der Waals surface area contributed by atoms with Gasteiger partial charge in [-0.15, -0.1) is 5.10 Å². The van der Waals surface area contributed by atoms with Crippen LogP contribution < -0.4 is 0 Å². The summed E-state index contributed by atoms with van der Waals surface area (Å²) in [5, 5.41) is 20.5. The fourth-order valence-corrected chi connectivity index (χ4v) is 2.52. The Labute approximate surface area is 114 Å². The van der Waals surface area contributed by atoms with Crippen molar-refractivity contribution in [2.75, 3.05) is 5.75 Å². The molecule has 0 aliphatic heterocycles. The minimum absolute atomic E-state index is 0.0729. The van der Waals surface area contributed by atoms with Gasteiger partial charge in [0.1, 0.15) is 11.5 Å². The lowest BCUT2D eigenvalue weighted by molar-refractivity contribution is -0.133. The Kier molecular flexibility index (Phi) is 3.89. The van der Waals surface area contributed by atoms with E-state index in [9.17, 15) is 4.79 Å². The largest absolute Gasteiger partial charge is 0.481 e. The third-order valence-electron chi connectivity index (χ3n) is 2.68. The van der Waals surface area contributed by atoms with Crippen LogP contribution in [0.2, 0.25) is 0 Å². The quantitative estimate of drug-likeness (QED) is 0.833.